The fourth-order valence-electron chi connectivity index (χ4n) is 2.60. The maximum Gasteiger partial charge on any atom is 0.266 e. The zero-order valence-electron chi connectivity index (χ0n) is 14.2. The van der Waals surface area contributed by atoms with Gasteiger partial charge >= 0.3 is 0 Å². The molecule has 0 aliphatic rings. The zero-order valence-corrected chi connectivity index (χ0v) is 14.2. The van der Waals surface area contributed by atoms with Crippen molar-refractivity contribution in [1.82, 2.24) is 15.3 Å². The van der Waals surface area contributed by atoms with Crippen molar-refractivity contribution < 1.29 is 19.4 Å². The normalized spacial score (nSPS) is 10.5. The van der Waals surface area contributed by atoms with Crippen LogP contribution in [0.1, 0.15) is 15.9 Å². The molecule has 0 radical (unpaired) electrons. The highest BCUT2D eigenvalue weighted by Crippen LogP contribution is 2.25. The number of nitrogens with zero attached hydrogens (tertiary/aromatic N) is 1. The van der Waals surface area contributed by atoms with E-state index in [4.69, 9.17) is 9.47 Å². The van der Waals surface area contributed by atoms with Gasteiger partial charge in [0.2, 0.25) is 0 Å². The van der Waals surface area contributed by atoms with Crippen LogP contribution in [-0.4, -0.2) is 35.2 Å². The SMILES string of the molecule is COc1ccc(OC)c(CNC(=O)c2c(O)c3cccnc3[nH]c2=O)c1. The van der Waals surface area contributed by atoms with Crippen LogP contribution in [0.25, 0.3) is 11.0 Å². The van der Waals surface area contributed by atoms with Crippen LogP contribution in [-0.2, 0) is 6.54 Å². The largest absolute Gasteiger partial charge is 0.506 e. The van der Waals surface area contributed by atoms with Gasteiger partial charge in [-0.1, -0.05) is 0 Å². The van der Waals surface area contributed by atoms with Crippen molar-refractivity contribution in [2.24, 2.45) is 0 Å². The molecule has 2 heterocycles. The van der Waals surface area contributed by atoms with E-state index < -0.39 is 17.2 Å². The second kappa shape index (κ2) is 7.14. The molecular weight excluding hydrogens is 338 g/mol. The number of pyridine rings is 2. The fraction of sp³-hybridized carbons (Fsp3) is 0.167. The van der Waals surface area contributed by atoms with Gasteiger partial charge in [0, 0.05) is 18.3 Å². The van der Waals surface area contributed by atoms with Crippen LogP contribution < -0.4 is 20.3 Å². The maximum atomic E-state index is 12.5. The second-order valence-electron chi connectivity index (χ2n) is 5.44. The summed E-state index contributed by atoms with van der Waals surface area (Å²) >= 11 is 0. The summed E-state index contributed by atoms with van der Waals surface area (Å²) in [5, 5.41) is 13.2. The van der Waals surface area contributed by atoms with E-state index in [0.717, 1.165) is 0 Å². The predicted octanol–water partition coefficient (Wildman–Crippen LogP) is 1.58. The van der Waals surface area contributed by atoms with Crippen molar-refractivity contribution in [2.45, 2.75) is 6.54 Å². The number of ether oxygens (including phenoxy) is 2. The van der Waals surface area contributed by atoms with E-state index in [1.165, 1.54) is 20.4 Å². The van der Waals surface area contributed by atoms with Crippen molar-refractivity contribution in [3.05, 3.63) is 58.0 Å². The van der Waals surface area contributed by atoms with Gasteiger partial charge in [-0.25, -0.2) is 4.98 Å². The first-order chi connectivity index (χ1) is 12.5. The third-order valence-corrected chi connectivity index (χ3v) is 3.91. The summed E-state index contributed by atoms with van der Waals surface area (Å²) in [5.74, 6) is 0.0470. The molecule has 1 amide bonds. The van der Waals surface area contributed by atoms with Gasteiger partial charge < -0.3 is 24.9 Å². The number of fused-ring (bicyclic) bond motifs is 1. The number of rotatable bonds is 5. The van der Waals surface area contributed by atoms with Crippen molar-refractivity contribution in [3.8, 4) is 17.2 Å². The number of hydrogen-bond acceptors (Lipinski definition) is 6. The number of amides is 1. The first kappa shape index (κ1) is 17.3. The lowest BCUT2D eigenvalue weighted by atomic mass is 10.1. The summed E-state index contributed by atoms with van der Waals surface area (Å²) in [6.07, 6.45) is 1.48. The van der Waals surface area contributed by atoms with Crippen molar-refractivity contribution in [1.29, 1.82) is 0 Å². The summed E-state index contributed by atoms with van der Waals surface area (Å²) in [4.78, 5) is 31.1. The maximum absolute atomic E-state index is 12.5. The van der Waals surface area contributed by atoms with Crippen molar-refractivity contribution >= 4 is 16.9 Å². The number of H-pyrrole nitrogens is 1. The van der Waals surface area contributed by atoms with Crippen molar-refractivity contribution in [2.75, 3.05) is 14.2 Å². The molecule has 0 aliphatic carbocycles. The Morgan fingerprint density at radius 3 is 2.81 bits per heavy atom. The molecule has 3 N–H and O–H groups in total. The molecule has 2 aromatic heterocycles. The smallest absolute Gasteiger partial charge is 0.266 e. The number of benzene rings is 1. The highest BCUT2D eigenvalue weighted by atomic mass is 16.5. The molecule has 8 nitrogen and oxygen atoms in total. The Morgan fingerprint density at radius 2 is 2.08 bits per heavy atom. The molecule has 0 atom stereocenters. The lowest BCUT2D eigenvalue weighted by molar-refractivity contribution is 0.0946. The minimum atomic E-state index is -0.719. The van der Waals surface area contributed by atoms with Crippen LogP contribution in [0.4, 0.5) is 0 Å². The predicted molar refractivity (Wildman–Crippen MR) is 94.7 cm³/mol. The molecule has 26 heavy (non-hydrogen) atoms. The van der Waals surface area contributed by atoms with Gasteiger partial charge in [-0.05, 0) is 30.3 Å². The van der Waals surface area contributed by atoms with Gasteiger partial charge in [-0.15, -0.1) is 0 Å². The van der Waals surface area contributed by atoms with Crippen LogP contribution in [0.15, 0.2) is 41.3 Å². The topological polar surface area (TPSA) is 114 Å². The van der Waals surface area contributed by atoms with Crippen molar-refractivity contribution in [3.63, 3.8) is 0 Å². The van der Waals surface area contributed by atoms with Crippen LogP contribution in [0, 0.1) is 0 Å². The minimum absolute atomic E-state index is 0.0865. The number of hydrogen-bond donors (Lipinski definition) is 3. The minimum Gasteiger partial charge on any atom is -0.506 e. The van der Waals surface area contributed by atoms with E-state index in [-0.39, 0.29) is 23.1 Å². The first-order valence-electron chi connectivity index (χ1n) is 7.74. The number of carbonyl (C=O) groups excluding carboxylic acids is 1. The number of aromatic nitrogens is 2. The number of methoxy groups -OCH3 is 2. The van der Waals surface area contributed by atoms with E-state index in [1.54, 1.807) is 30.3 Å². The standard InChI is InChI=1S/C18H17N3O5/c1-25-11-5-6-13(26-2)10(8-11)9-20-17(23)14-15(22)12-4-3-7-19-16(12)21-18(14)24/h3-8H,9H2,1-2H3,(H,20,23)(H2,19,21,22,24). The van der Waals surface area contributed by atoms with Crippen LogP contribution in [0.2, 0.25) is 0 Å². The number of aromatic hydroxyl groups is 1. The lowest BCUT2D eigenvalue weighted by Crippen LogP contribution is -2.29. The first-order valence-corrected chi connectivity index (χ1v) is 7.74. The molecule has 134 valence electrons. The molecule has 3 aromatic rings. The van der Waals surface area contributed by atoms with Gasteiger partial charge in [-0.3, -0.25) is 9.59 Å². The Balaban J connectivity index is 1.90. The highest BCUT2D eigenvalue weighted by Gasteiger charge is 2.19. The third-order valence-electron chi connectivity index (χ3n) is 3.91. The lowest BCUT2D eigenvalue weighted by Gasteiger charge is -2.12. The molecule has 3 rings (SSSR count). The number of nitrogens with one attached hydrogen (secondary N) is 2. The quantitative estimate of drug-likeness (QED) is 0.640. The highest BCUT2D eigenvalue weighted by molar-refractivity contribution is 6.01. The summed E-state index contributed by atoms with van der Waals surface area (Å²) in [6, 6.07) is 8.33. The third kappa shape index (κ3) is 3.16. The van der Waals surface area contributed by atoms with E-state index in [9.17, 15) is 14.7 Å². The van der Waals surface area contributed by atoms with Gasteiger partial charge in [0.15, 0.2) is 0 Å². The summed E-state index contributed by atoms with van der Waals surface area (Å²) in [6.45, 7) is 0.0865. The Kier molecular flexibility index (Phi) is 4.74. The number of carbonyl (C=O) groups is 1. The van der Waals surface area contributed by atoms with E-state index in [0.29, 0.717) is 17.1 Å². The van der Waals surface area contributed by atoms with Gasteiger partial charge in [0.25, 0.3) is 11.5 Å². The summed E-state index contributed by atoms with van der Waals surface area (Å²) in [7, 11) is 3.05. The molecule has 8 heteroatoms. The Hall–Kier alpha value is -3.55. The Morgan fingerprint density at radius 1 is 1.27 bits per heavy atom. The average molecular weight is 355 g/mol. The zero-order chi connectivity index (χ0) is 18.7. The summed E-state index contributed by atoms with van der Waals surface area (Å²) < 4.78 is 10.4. The van der Waals surface area contributed by atoms with Crippen LogP contribution in [0.5, 0.6) is 17.2 Å². The van der Waals surface area contributed by atoms with Crippen LogP contribution >= 0.6 is 0 Å². The van der Waals surface area contributed by atoms with E-state index >= 15 is 0 Å². The average Bonchev–Trinajstić information content (AvgIpc) is 2.66. The van der Waals surface area contributed by atoms with Gasteiger partial charge in [-0.2, -0.15) is 0 Å². The molecule has 0 fully saturated rings. The van der Waals surface area contributed by atoms with Gasteiger partial charge in [0.1, 0.15) is 28.5 Å². The van der Waals surface area contributed by atoms with Gasteiger partial charge in [0.05, 0.1) is 19.6 Å². The second-order valence-corrected chi connectivity index (χ2v) is 5.44. The molecule has 0 spiro atoms. The monoisotopic (exact) mass is 355 g/mol. The molecule has 1 aromatic carbocycles. The fourth-order valence-corrected chi connectivity index (χ4v) is 2.60. The summed E-state index contributed by atoms with van der Waals surface area (Å²) in [5.41, 5.74) is -0.212. The molecule has 0 saturated heterocycles. The molecule has 0 aliphatic heterocycles. The number of aromatic amines is 1. The van der Waals surface area contributed by atoms with E-state index in [2.05, 4.69) is 15.3 Å². The molecule has 0 bridgehead atoms. The molecule has 0 unspecified atom stereocenters. The Labute approximate surface area is 148 Å². The Bertz CT molecular complexity index is 1030. The van der Waals surface area contributed by atoms with E-state index in [1.807, 2.05) is 0 Å². The molecular formula is C18H17N3O5. The van der Waals surface area contributed by atoms with Crippen LogP contribution in [0.3, 0.4) is 0 Å². The molecule has 0 saturated carbocycles.